The molecule has 1 aromatic heterocycles. The second-order valence-corrected chi connectivity index (χ2v) is 5.57. The molecule has 0 amide bonds. The maximum absolute atomic E-state index is 12.2. The molecular weight excluding hydrogens is 276 g/mol. The molecule has 0 saturated heterocycles. The Hall–Kier alpha value is -2.02. The van der Waals surface area contributed by atoms with Crippen LogP contribution in [0.5, 0.6) is 0 Å². The molecular formula is C14H20N2O5. The molecule has 7 nitrogen and oxygen atoms in total. The molecule has 0 spiro atoms. The average Bonchev–Trinajstić information content (AvgIpc) is 2.37. The zero-order chi connectivity index (χ0) is 16.0. The molecule has 0 aliphatic heterocycles. The lowest BCUT2D eigenvalue weighted by Gasteiger charge is -2.23. The third kappa shape index (κ3) is 5.47. The molecule has 1 heterocycles. The van der Waals surface area contributed by atoms with Gasteiger partial charge in [-0.15, -0.1) is 0 Å². The number of carbonyl (C=O) groups is 1. The molecule has 116 valence electrons. The summed E-state index contributed by atoms with van der Waals surface area (Å²) >= 11 is 0. The molecule has 0 aliphatic carbocycles. The molecule has 21 heavy (non-hydrogen) atoms. The van der Waals surface area contributed by atoms with Crippen molar-refractivity contribution in [1.29, 1.82) is 0 Å². The van der Waals surface area contributed by atoms with E-state index in [1.165, 1.54) is 18.3 Å². The van der Waals surface area contributed by atoms with Crippen LogP contribution in [-0.4, -0.2) is 35.2 Å². The molecule has 0 bridgehead atoms. The van der Waals surface area contributed by atoms with Gasteiger partial charge in [0.15, 0.2) is 0 Å². The maximum atomic E-state index is 12.2. The summed E-state index contributed by atoms with van der Waals surface area (Å²) in [6, 6.07) is 2.80. The van der Waals surface area contributed by atoms with Crippen molar-refractivity contribution in [2.45, 2.75) is 38.7 Å². The highest BCUT2D eigenvalue weighted by Crippen LogP contribution is 2.24. The minimum Gasteiger partial charge on any atom is -0.459 e. The van der Waals surface area contributed by atoms with Gasteiger partial charge in [-0.2, -0.15) is 0 Å². The van der Waals surface area contributed by atoms with E-state index in [4.69, 9.17) is 9.47 Å². The second kappa shape index (κ2) is 7.12. The number of pyridine rings is 1. The molecule has 0 aromatic carbocycles. The smallest absolute Gasteiger partial charge is 0.363 e. The molecule has 1 unspecified atom stereocenters. The van der Waals surface area contributed by atoms with Crippen LogP contribution in [0, 0.1) is 10.1 Å². The fourth-order valence-electron chi connectivity index (χ4n) is 1.74. The van der Waals surface area contributed by atoms with Crippen LogP contribution in [0.25, 0.3) is 0 Å². The number of hydrogen-bond donors (Lipinski definition) is 0. The van der Waals surface area contributed by atoms with Crippen molar-refractivity contribution in [2.24, 2.45) is 0 Å². The Morgan fingerprint density at radius 1 is 1.43 bits per heavy atom. The number of esters is 1. The lowest BCUT2D eigenvalue weighted by molar-refractivity contribution is -0.389. The number of aromatic nitrogens is 1. The Labute approximate surface area is 123 Å². The van der Waals surface area contributed by atoms with Gasteiger partial charge in [-0.25, -0.2) is 0 Å². The van der Waals surface area contributed by atoms with Gasteiger partial charge in [0.2, 0.25) is 0 Å². The maximum Gasteiger partial charge on any atom is 0.363 e. The molecule has 7 heteroatoms. The highest BCUT2D eigenvalue weighted by Gasteiger charge is 2.27. The van der Waals surface area contributed by atoms with Gasteiger partial charge < -0.3 is 19.6 Å². The standard InChI is InChI=1S/C14H20N2O5/c1-14(2,3)21-13(17)11(7-8-20-4)10-5-6-12(15-9-10)16(18)19/h5-6,9,11H,7-8H2,1-4H3. The van der Waals surface area contributed by atoms with Gasteiger partial charge >= 0.3 is 11.8 Å². The van der Waals surface area contributed by atoms with E-state index in [1.54, 1.807) is 27.9 Å². The minimum atomic E-state index is -0.601. The van der Waals surface area contributed by atoms with E-state index in [-0.39, 0.29) is 5.82 Å². The van der Waals surface area contributed by atoms with Crippen LogP contribution in [-0.2, 0) is 14.3 Å². The van der Waals surface area contributed by atoms with Gasteiger partial charge in [-0.1, -0.05) is 0 Å². The monoisotopic (exact) mass is 296 g/mol. The quantitative estimate of drug-likeness (QED) is 0.455. The predicted octanol–water partition coefficient (Wildman–Crippen LogP) is 2.45. The Balaban J connectivity index is 2.95. The van der Waals surface area contributed by atoms with Crippen molar-refractivity contribution in [3.8, 4) is 0 Å². The van der Waals surface area contributed by atoms with Crippen LogP contribution in [0.4, 0.5) is 5.82 Å². The first-order valence-electron chi connectivity index (χ1n) is 6.56. The van der Waals surface area contributed by atoms with Crippen molar-refractivity contribution < 1.29 is 19.2 Å². The van der Waals surface area contributed by atoms with Crippen LogP contribution in [0.1, 0.15) is 38.7 Å². The fourth-order valence-corrected chi connectivity index (χ4v) is 1.74. The Kier molecular flexibility index (Phi) is 5.78. The molecule has 0 N–H and O–H groups in total. The first-order valence-corrected chi connectivity index (χ1v) is 6.56. The predicted molar refractivity (Wildman–Crippen MR) is 76.0 cm³/mol. The number of nitro groups is 1. The van der Waals surface area contributed by atoms with E-state index in [2.05, 4.69) is 4.98 Å². The van der Waals surface area contributed by atoms with Crippen LogP contribution in [0.2, 0.25) is 0 Å². The average molecular weight is 296 g/mol. The number of methoxy groups -OCH3 is 1. The third-order valence-corrected chi connectivity index (χ3v) is 2.66. The lowest BCUT2D eigenvalue weighted by atomic mass is 9.97. The molecule has 0 saturated carbocycles. The van der Waals surface area contributed by atoms with Crippen molar-refractivity contribution in [1.82, 2.24) is 4.98 Å². The first kappa shape index (κ1) is 17.0. The van der Waals surface area contributed by atoms with E-state index in [9.17, 15) is 14.9 Å². The van der Waals surface area contributed by atoms with Gasteiger partial charge in [-0.3, -0.25) is 4.79 Å². The van der Waals surface area contributed by atoms with Crippen molar-refractivity contribution in [3.05, 3.63) is 34.0 Å². The number of nitrogens with zero attached hydrogens (tertiary/aromatic N) is 2. The number of rotatable bonds is 6. The summed E-state index contributed by atoms with van der Waals surface area (Å²) in [5.74, 6) is -1.21. The van der Waals surface area contributed by atoms with Gasteiger partial charge in [0.25, 0.3) is 0 Å². The van der Waals surface area contributed by atoms with Gasteiger partial charge in [0, 0.05) is 25.3 Å². The van der Waals surface area contributed by atoms with Crippen LogP contribution >= 0.6 is 0 Å². The van der Waals surface area contributed by atoms with Crippen LogP contribution in [0.15, 0.2) is 18.3 Å². The fraction of sp³-hybridized carbons (Fsp3) is 0.571. The minimum absolute atomic E-state index is 0.256. The molecule has 0 fully saturated rings. The Bertz CT molecular complexity index is 493. The zero-order valence-electron chi connectivity index (χ0n) is 12.7. The highest BCUT2D eigenvalue weighted by molar-refractivity contribution is 5.78. The molecule has 0 aliphatic rings. The SMILES string of the molecule is COCCC(C(=O)OC(C)(C)C)c1ccc([N+](=O)[O-])nc1. The zero-order valence-corrected chi connectivity index (χ0v) is 12.7. The van der Waals surface area contributed by atoms with E-state index in [0.29, 0.717) is 18.6 Å². The topological polar surface area (TPSA) is 91.6 Å². The molecule has 1 aromatic rings. The molecule has 0 radical (unpaired) electrons. The van der Waals surface area contributed by atoms with Crippen LogP contribution in [0.3, 0.4) is 0 Å². The number of hydrogen-bond acceptors (Lipinski definition) is 6. The van der Waals surface area contributed by atoms with Crippen LogP contribution < -0.4 is 0 Å². The summed E-state index contributed by atoms with van der Waals surface area (Å²) in [5.41, 5.74) is -0.0248. The lowest BCUT2D eigenvalue weighted by Crippen LogP contribution is -2.28. The van der Waals surface area contributed by atoms with Crippen molar-refractivity contribution in [2.75, 3.05) is 13.7 Å². The summed E-state index contributed by atoms with van der Waals surface area (Å²) in [4.78, 5) is 26.0. The normalized spacial score (nSPS) is 12.8. The first-order chi connectivity index (χ1) is 9.74. The summed E-state index contributed by atoms with van der Waals surface area (Å²) in [6.45, 7) is 5.73. The Morgan fingerprint density at radius 3 is 2.52 bits per heavy atom. The Morgan fingerprint density at radius 2 is 2.10 bits per heavy atom. The van der Waals surface area contributed by atoms with Crippen molar-refractivity contribution in [3.63, 3.8) is 0 Å². The second-order valence-electron chi connectivity index (χ2n) is 5.57. The van der Waals surface area contributed by atoms with Crippen molar-refractivity contribution >= 4 is 11.8 Å². The summed E-state index contributed by atoms with van der Waals surface area (Å²) in [6.07, 6.45) is 1.76. The summed E-state index contributed by atoms with van der Waals surface area (Å²) in [7, 11) is 1.54. The number of carbonyl (C=O) groups excluding carboxylic acids is 1. The van der Waals surface area contributed by atoms with E-state index < -0.39 is 22.4 Å². The van der Waals surface area contributed by atoms with Gasteiger partial charge in [-0.05, 0) is 43.2 Å². The summed E-state index contributed by atoms with van der Waals surface area (Å²) in [5, 5.41) is 10.6. The highest BCUT2D eigenvalue weighted by atomic mass is 16.6. The number of ether oxygens (including phenoxy) is 2. The largest absolute Gasteiger partial charge is 0.459 e. The van der Waals surface area contributed by atoms with E-state index in [1.807, 2.05) is 0 Å². The van der Waals surface area contributed by atoms with E-state index >= 15 is 0 Å². The molecule has 1 atom stereocenters. The van der Waals surface area contributed by atoms with Gasteiger partial charge in [0.05, 0.1) is 5.92 Å². The third-order valence-electron chi connectivity index (χ3n) is 2.66. The summed E-state index contributed by atoms with van der Waals surface area (Å²) < 4.78 is 10.4. The van der Waals surface area contributed by atoms with E-state index in [0.717, 1.165) is 0 Å². The molecule has 1 rings (SSSR count). The van der Waals surface area contributed by atoms with Gasteiger partial charge in [0.1, 0.15) is 11.8 Å².